The first kappa shape index (κ1) is 16.0. The van der Waals surface area contributed by atoms with Gasteiger partial charge in [-0.1, -0.05) is 40.2 Å². The van der Waals surface area contributed by atoms with Gasteiger partial charge in [0.15, 0.2) is 0 Å². The fourth-order valence-corrected chi connectivity index (χ4v) is 3.25. The lowest BCUT2D eigenvalue weighted by Crippen LogP contribution is -2.34. The molecule has 112 valence electrons. The SMILES string of the molecule is CCN(c1ccccc1C)C(CN)c1ccc(F)cc1Br. The van der Waals surface area contributed by atoms with Crippen LogP contribution in [0, 0.1) is 12.7 Å². The Bertz CT molecular complexity index is 615. The van der Waals surface area contributed by atoms with E-state index >= 15 is 0 Å². The van der Waals surface area contributed by atoms with E-state index in [9.17, 15) is 4.39 Å². The summed E-state index contributed by atoms with van der Waals surface area (Å²) in [5.74, 6) is -0.250. The molecule has 0 saturated carbocycles. The van der Waals surface area contributed by atoms with Crippen LogP contribution >= 0.6 is 15.9 Å². The topological polar surface area (TPSA) is 29.3 Å². The Kier molecular flexibility index (Phi) is 5.37. The molecule has 0 aliphatic rings. The molecule has 0 amide bonds. The van der Waals surface area contributed by atoms with Crippen molar-refractivity contribution >= 4 is 21.6 Å². The van der Waals surface area contributed by atoms with Crippen molar-refractivity contribution in [1.82, 2.24) is 0 Å². The van der Waals surface area contributed by atoms with Crippen molar-refractivity contribution in [1.29, 1.82) is 0 Å². The van der Waals surface area contributed by atoms with Crippen LogP contribution in [-0.4, -0.2) is 13.1 Å². The highest BCUT2D eigenvalue weighted by Crippen LogP contribution is 2.32. The summed E-state index contributed by atoms with van der Waals surface area (Å²) in [4.78, 5) is 2.26. The van der Waals surface area contributed by atoms with Gasteiger partial charge in [0.1, 0.15) is 5.82 Å². The Balaban J connectivity index is 2.45. The van der Waals surface area contributed by atoms with Gasteiger partial charge in [0.05, 0.1) is 6.04 Å². The van der Waals surface area contributed by atoms with Gasteiger partial charge in [0.2, 0.25) is 0 Å². The number of anilines is 1. The van der Waals surface area contributed by atoms with E-state index in [1.165, 1.54) is 17.7 Å². The highest BCUT2D eigenvalue weighted by Gasteiger charge is 2.21. The van der Waals surface area contributed by atoms with E-state index in [-0.39, 0.29) is 11.9 Å². The monoisotopic (exact) mass is 350 g/mol. The van der Waals surface area contributed by atoms with Crippen LogP contribution in [0.1, 0.15) is 24.1 Å². The van der Waals surface area contributed by atoms with Gasteiger partial charge in [-0.25, -0.2) is 4.39 Å². The number of nitrogens with two attached hydrogens (primary N) is 1. The van der Waals surface area contributed by atoms with Crippen LogP contribution in [0.5, 0.6) is 0 Å². The molecule has 0 aliphatic carbocycles. The van der Waals surface area contributed by atoms with Gasteiger partial charge in [-0.05, 0) is 43.2 Å². The van der Waals surface area contributed by atoms with E-state index in [1.54, 1.807) is 6.07 Å². The van der Waals surface area contributed by atoms with Gasteiger partial charge >= 0.3 is 0 Å². The van der Waals surface area contributed by atoms with Crippen molar-refractivity contribution in [3.8, 4) is 0 Å². The summed E-state index contributed by atoms with van der Waals surface area (Å²) in [7, 11) is 0. The Morgan fingerprint density at radius 2 is 1.95 bits per heavy atom. The van der Waals surface area contributed by atoms with Crippen LogP contribution < -0.4 is 10.6 Å². The van der Waals surface area contributed by atoms with Crippen molar-refractivity contribution in [2.75, 3.05) is 18.0 Å². The number of hydrogen-bond acceptors (Lipinski definition) is 2. The lowest BCUT2D eigenvalue weighted by molar-refractivity contribution is 0.614. The number of nitrogens with zero attached hydrogens (tertiary/aromatic N) is 1. The van der Waals surface area contributed by atoms with Crippen molar-refractivity contribution in [2.45, 2.75) is 19.9 Å². The molecule has 1 atom stereocenters. The average molecular weight is 351 g/mol. The molecule has 0 saturated heterocycles. The van der Waals surface area contributed by atoms with E-state index < -0.39 is 0 Å². The predicted octanol–water partition coefficient (Wildman–Crippen LogP) is 4.42. The third-order valence-electron chi connectivity index (χ3n) is 3.69. The molecule has 0 aliphatic heterocycles. The number of halogens is 2. The fourth-order valence-electron chi connectivity index (χ4n) is 2.64. The number of benzene rings is 2. The predicted molar refractivity (Wildman–Crippen MR) is 90.1 cm³/mol. The summed E-state index contributed by atoms with van der Waals surface area (Å²) in [5.41, 5.74) is 9.39. The molecule has 2 N–H and O–H groups in total. The molecule has 0 spiro atoms. The van der Waals surface area contributed by atoms with Crippen molar-refractivity contribution in [3.63, 3.8) is 0 Å². The minimum atomic E-state index is -0.250. The smallest absolute Gasteiger partial charge is 0.124 e. The summed E-state index contributed by atoms with van der Waals surface area (Å²) in [6, 6.07) is 13.0. The van der Waals surface area contributed by atoms with E-state index in [0.717, 1.165) is 22.3 Å². The third kappa shape index (κ3) is 3.44. The first-order valence-electron chi connectivity index (χ1n) is 7.05. The summed E-state index contributed by atoms with van der Waals surface area (Å²) in [6.07, 6.45) is 0. The van der Waals surface area contributed by atoms with Gasteiger partial charge in [0, 0.05) is 23.2 Å². The second-order valence-corrected chi connectivity index (χ2v) is 5.84. The summed E-state index contributed by atoms with van der Waals surface area (Å²) < 4.78 is 14.1. The quantitative estimate of drug-likeness (QED) is 0.864. The number of rotatable bonds is 5. The molecule has 0 fully saturated rings. The molecule has 0 bridgehead atoms. The van der Waals surface area contributed by atoms with Crippen LogP contribution in [0.4, 0.5) is 10.1 Å². The number of likely N-dealkylation sites (N-methyl/N-ethyl adjacent to an activating group) is 1. The van der Waals surface area contributed by atoms with E-state index in [0.29, 0.717) is 6.54 Å². The zero-order valence-corrected chi connectivity index (χ0v) is 13.9. The van der Waals surface area contributed by atoms with Crippen LogP contribution in [0.15, 0.2) is 46.9 Å². The van der Waals surface area contributed by atoms with Crippen LogP contribution in [0.25, 0.3) is 0 Å². The maximum atomic E-state index is 13.3. The zero-order chi connectivity index (χ0) is 15.4. The average Bonchev–Trinajstić information content (AvgIpc) is 2.47. The van der Waals surface area contributed by atoms with Crippen LogP contribution in [0.2, 0.25) is 0 Å². The highest BCUT2D eigenvalue weighted by atomic mass is 79.9. The molecular weight excluding hydrogens is 331 g/mol. The lowest BCUT2D eigenvalue weighted by Gasteiger charge is -2.34. The van der Waals surface area contributed by atoms with Crippen molar-refractivity contribution in [2.24, 2.45) is 5.73 Å². The number of aryl methyl sites for hydroxylation is 1. The van der Waals surface area contributed by atoms with Gasteiger partial charge in [-0.2, -0.15) is 0 Å². The molecule has 21 heavy (non-hydrogen) atoms. The lowest BCUT2D eigenvalue weighted by atomic mass is 10.0. The van der Waals surface area contributed by atoms with Crippen molar-refractivity contribution in [3.05, 3.63) is 63.9 Å². The molecule has 2 aromatic rings. The third-order valence-corrected chi connectivity index (χ3v) is 4.37. The van der Waals surface area contributed by atoms with Gasteiger partial charge in [-0.3, -0.25) is 0 Å². The van der Waals surface area contributed by atoms with E-state index in [4.69, 9.17) is 5.73 Å². The summed E-state index contributed by atoms with van der Waals surface area (Å²) in [5, 5.41) is 0. The van der Waals surface area contributed by atoms with E-state index in [1.807, 2.05) is 12.1 Å². The van der Waals surface area contributed by atoms with E-state index in [2.05, 4.69) is 46.8 Å². The molecular formula is C17H20BrFN2. The largest absolute Gasteiger partial charge is 0.363 e. The molecule has 4 heteroatoms. The fraction of sp³-hybridized carbons (Fsp3) is 0.294. The molecule has 2 nitrogen and oxygen atoms in total. The molecule has 2 rings (SSSR count). The standard InChI is InChI=1S/C17H20BrFN2/c1-3-21(16-7-5-4-6-12(16)2)17(11-20)14-9-8-13(19)10-15(14)18/h4-10,17H,3,11,20H2,1-2H3. The highest BCUT2D eigenvalue weighted by molar-refractivity contribution is 9.10. The number of para-hydroxylation sites is 1. The van der Waals surface area contributed by atoms with Gasteiger partial charge < -0.3 is 10.6 Å². The minimum Gasteiger partial charge on any atom is -0.363 e. The van der Waals surface area contributed by atoms with Crippen LogP contribution in [0.3, 0.4) is 0 Å². The number of hydrogen-bond donors (Lipinski definition) is 1. The molecule has 0 radical (unpaired) electrons. The van der Waals surface area contributed by atoms with Crippen LogP contribution in [-0.2, 0) is 0 Å². The maximum Gasteiger partial charge on any atom is 0.124 e. The zero-order valence-electron chi connectivity index (χ0n) is 12.3. The first-order valence-corrected chi connectivity index (χ1v) is 7.85. The Morgan fingerprint density at radius 3 is 2.52 bits per heavy atom. The molecule has 1 unspecified atom stereocenters. The summed E-state index contributed by atoms with van der Waals surface area (Å²) >= 11 is 3.45. The maximum absolute atomic E-state index is 13.3. The molecule has 2 aromatic carbocycles. The first-order chi connectivity index (χ1) is 10.1. The molecule has 0 heterocycles. The Morgan fingerprint density at radius 1 is 1.24 bits per heavy atom. The summed E-state index contributed by atoms with van der Waals surface area (Å²) in [6.45, 7) is 5.49. The van der Waals surface area contributed by atoms with Gasteiger partial charge in [0.25, 0.3) is 0 Å². The Labute approximate surface area is 133 Å². The second kappa shape index (κ2) is 7.05. The van der Waals surface area contributed by atoms with Crippen molar-refractivity contribution < 1.29 is 4.39 Å². The second-order valence-electron chi connectivity index (χ2n) is 4.99. The minimum absolute atomic E-state index is 0.00562. The Hall–Kier alpha value is -1.39. The molecule has 0 aromatic heterocycles. The van der Waals surface area contributed by atoms with Gasteiger partial charge in [-0.15, -0.1) is 0 Å². The normalized spacial score (nSPS) is 12.2.